The van der Waals surface area contributed by atoms with Gasteiger partial charge in [-0.25, -0.2) is 0 Å². The molecule has 5 aromatic rings. The van der Waals surface area contributed by atoms with E-state index >= 15 is 0 Å². The van der Waals surface area contributed by atoms with Crippen molar-refractivity contribution in [2.45, 2.75) is 12.1 Å². The summed E-state index contributed by atoms with van der Waals surface area (Å²) in [5.74, 6) is 1.71. The van der Waals surface area contributed by atoms with E-state index in [2.05, 4.69) is 133 Å². The smallest absolute Gasteiger partial charge is 0.496 e. The molecule has 0 amide bonds. The lowest BCUT2D eigenvalue weighted by molar-refractivity contribution is 0.368. The van der Waals surface area contributed by atoms with Crippen molar-refractivity contribution >= 4 is 30.4 Å². The Labute approximate surface area is 245 Å². The highest BCUT2D eigenvalue weighted by Crippen LogP contribution is 2.69. The molecule has 0 aliphatic carbocycles. The maximum absolute atomic E-state index is 9.75. The fourth-order valence-corrected chi connectivity index (χ4v) is 10.5. The first-order chi connectivity index (χ1) is 20.3. The normalized spacial score (nSPS) is 12.0. The van der Waals surface area contributed by atoms with Gasteiger partial charge in [0.15, 0.2) is 0 Å². The van der Waals surface area contributed by atoms with E-state index in [9.17, 15) is 17.3 Å². The van der Waals surface area contributed by atoms with Crippen molar-refractivity contribution in [2.75, 3.05) is 14.2 Å². The summed E-state index contributed by atoms with van der Waals surface area (Å²) < 4.78 is 51.1. The molecule has 1 atom stereocenters. The van der Waals surface area contributed by atoms with Gasteiger partial charge in [-0.2, -0.15) is 0 Å². The Balaban J connectivity index is 0.000000748. The Morgan fingerprint density at radius 2 is 0.857 bits per heavy atom. The predicted octanol–water partition coefficient (Wildman–Crippen LogP) is 8.28. The maximum Gasteiger partial charge on any atom is 0.673 e. The lowest BCUT2D eigenvalue weighted by Gasteiger charge is -2.36. The van der Waals surface area contributed by atoms with E-state index in [1.165, 1.54) is 21.5 Å². The summed E-state index contributed by atoms with van der Waals surface area (Å²) in [6, 6.07) is 50.0. The molecular formula is C34H32BF4O2P. The third-order valence-corrected chi connectivity index (χ3v) is 11.7. The van der Waals surface area contributed by atoms with E-state index < -0.39 is 14.5 Å². The molecule has 8 heteroatoms. The molecule has 216 valence electrons. The number of ether oxygens (including phenoxy) is 2. The highest BCUT2D eigenvalue weighted by atomic mass is 31.2. The fraction of sp³-hybridized carbons (Fsp3) is 0.118. The monoisotopic (exact) mass is 590 g/mol. The second-order valence-electron chi connectivity index (χ2n) is 9.51. The van der Waals surface area contributed by atoms with E-state index in [-0.39, 0.29) is 5.66 Å². The topological polar surface area (TPSA) is 18.5 Å². The number of rotatable bonds is 9. The number of methoxy groups -OCH3 is 2. The van der Waals surface area contributed by atoms with Crippen molar-refractivity contribution in [3.8, 4) is 11.5 Å². The van der Waals surface area contributed by atoms with Crippen LogP contribution in [0.2, 0.25) is 0 Å². The molecule has 0 heterocycles. The first-order valence-corrected chi connectivity index (χ1v) is 15.3. The number of hydrogen-bond donors (Lipinski definition) is 0. The molecule has 0 N–H and O–H groups in total. The molecule has 0 saturated heterocycles. The average molecular weight is 590 g/mol. The van der Waals surface area contributed by atoms with Gasteiger partial charge in [0, 0.05) is 6.42 Å². The minimum atomic E-state index is -6.00. The zero-order valence-corrected chi connectivity index (χ0v) is 24.3. The van der Waals surface area contributed by atoms with Crippen LogP contribution in [-0.2, 0) is 6.42 Å². The van der Waals surface area contributed by atoms with Gasteiger partial charge in [0.25, 0.3) is 0 Å². The van der Waals surface area contributed by atoms with Crippen LogP contribution in [0.4, 0.5) is 17.3 Å². The lowest BCUT2D eigenvalue weighted by Crippen LogP contribution is -2.36. The number of halogens is 4. The van der Waals surface area contributed by atoms with Crippen molar-refractivity contribution in [1.82, 2.24) is 0 Å². The Bertz CT molecular complexity index is 1390. The molecule has 0 fully saturated rings. The van der Waals surface area contributed by atoms with Crippen molar-refractivity contribution in [2.24, 2.45) is 0 Å². The molecule has 5 rings (SSSR count). The summed E-state index contributed by atoms with van der Waals surface area (Å²) in [4.78, 5) is 0. The average Bonchev–Trinajstić information content (AvgIpc) is 3.02. The Kier molecular flexibility index (Phi) is 10.4. The van der Waals surface area contributed by atoms with Crippen molar-refractivity contribution < 1.29 is 26.7 Å². The van der Waals surface area contributed by atoms with Gasteiger partial charge >= 0.3 is 7.25 Å². The van der Waals surface area contributed by atoms with Crippen molar-refractivity contribution in [1.29, 1.82) is 0 Å². The highest BCUT2D eigenvalue weighted by Gasteiger charge is 2.54. The molecule has 0 aliphatic rings. The summed E-state index contributed by atoms with van der Waals surface area (Å²) in [6.07, 6.45) is 0.837. The Morgan fingerprint density at radius 1 is 0.524 bits per heavy atom. The quantitative estimate of drug-likeness (QED) is 0.0978. The predicted molar refractivity (Wildman–Crippen MR) is 168 cm³/mol. The Morgan fingerprint density at radius 3 is 1.19 bits per heavy atom. The van der Waals surface area contributed by atoms with Crippen LogP contribution in [0.1, 0.15) is 16.8 Å². The molecule has 42 heavy (non-hydrogen) atoms. The van der Waals surface area contributed by atoms with Crippen LogP contribution in [0.15, 0.2) is 140 Å². The molecule has 0 aromatic heterocycles. The van der Waals surface area contributed by atoms with Crippen LogP contribution in [0.5, 0.6) is 11.5 Å². The molecule has 2 nitrogen and oxygen atoms in total. The van der Waals surface area contributed by atoms with Gasteiger partial charge in [-0.15, -0.1) is 0 Å². The summed E-state index contributed by atoms with van der Waals surface area (Å²) in [5.41, 5.74) is 2.46. The minimum absolute atomic E-state index is 0.0631. The van der Waals surface area contributed by atoms with E-state index in [0.29, 0.717) is 0 Å². The summed E-state index contributed by atoms with van der Waals surface area (Å²) in [5, 5.41) is 4.00. The molecule has 0 radical (unpaired) electrons. The van der Waals surface area contributed by atoms with Gasteiger partial charge in [-0.1, -0.05) is 91.0 Å². The summed E-state index contributed by atoms with van der Waals surface area (Å²) in [7, 11) is -4.78. The third-order valence-electron chi connectivity index (χ3n) is 7.03. The maximum atomic E-state index is 9.75. The molecule has 0 bridgehead atoms. The molecule has 0 aliphatic heterocycles. The Hall–Kier alpha value is -4.09. The van der Waals surface area contributed by atoms with Crippen LogP contribution >= 0.6 is 7.26 Å². The summed E-state index contributed by atoms with van der Waals surface area (Å²) in [6.45, 7) is 0. The van der Waals surface area contributed by atoms with E-state index in [1.54, 1.807) is 14.2 Å². The minimum Gasteiger partial charge on any atom is -0.496 e. The van der Waals surface area contributed by atoms with E-state index in [4.69, 9.17) is 9.47 Å². The number of hydrogen-bond acceptors (Lipinski definition) is 2. The zero-order valence-electron chi connectivity index (χ0n) is 23.4. The SMILES string of the molecule is COc1cccc(OC)c1C(Cc1ccccc1)[P+](c1ccccc1)(c1ccccc1)c1ccccc1.F[B-](F)(F)F. The van der Waals surface area contributed by atoms with Gasteiger partial charge < -0.3 is 26.7 Å². The largest absolute Gasteiger partial charge is 0.673 e. The van der Waals surface area contributed by atoms with Gasteiger partial charge in [-0.3, -0.25) is 0 Å². The van der Waals surface area contributed by atoms with Gasteiger partial charge in [0.2, 0.25) is 0 Å². The van der Waals surface area contributed by atoms with Gasteiger partial charge in [0.05, 0.1) is 19.8 Å². The number of benzene rings is 5. The van der Waals surface area contributed by atoms with Crippen molar-refractivity contribution in [3.63, 3.8) is 0 Å². The van der Waals surface area contributed by atoms with E-state index in [1.807, 2.05) is 6.07 Å². The standard InChI is InChI=1S/C34H32O2P.BF4/c1-35-31-24-15-25-32(36-2)34(31)33(26-27-16-7-3-8-17-27)37(28-18-9-4-10-19-28,29-20-11-5-12-21-29)30-22-13-6-14-23-30;2-1(3,4)5/h3-25,33H,26H2,1-2H3;/q+1;-1. The van der Waals surface area contributed by atoms with E-state index in [0.717, 1.165) is 23.5 Å². The van der Waals surface area contributed by atoms with Crippen LogP contribution in [0.25, 0.3) is 0 Å². The van der Waals surface area contributed by atoms with Gasteiger partial charge in [-0.05, 0) is 54.1 Å². The second kappa shape index (κ2) is 14.2. The fourth-order valence-electron chi connectivity index (χ4n) is 5.45. The zero-order chi connectivity index (χ0) is 30.0. The molecule has 0 saturated carbocycles. The lowest BCUT2D eigenvalue weighted by atomic mass is 10.0. The molecule has 1 unspecified atom stereocenters. The van der Waals surface area contributed by atoms with Crippen LogP contribution in [0.3, 0.4) is 0 Å². The summed E-state index contributed by atoms with van der Waals surface area (Å²) >= 11 is 0. The van der Waals surface area contributed by atoms with Crippen molar-refractivity contribution in [3.05, 3.63) is 151 Å². The van der Waals surface area contributed by atoms with Crippen LogP contribution < -0.4 is 25.4 Å². The molecule has 0 spiro atoms. The molecule has 5 aromatic carbocycles. The first-order valence-electron chi connectivity index (χ1n) is 13.5. The van der Waals surface area contributed by atoms with Crippen LogP contribution in [-0.4, -0.2) is 21.5 Å². The highest BCUT2D eigenvalue weighted by molar-refractivity contribution is 7.96. The second-order valence-corrected chi connectivity index (χ2v) is 13.1. The first kappa shape index (κ1) is 30.9. The van der Waals surface area contributed by atoms with Crippen LogP contribution in [0, 0.1) is 0 Å². The third kappa shape index (κ3) is 7.21. The molecular weight excluding hydrogens is 558 g/mol. The van der Waals surface area contributed by atoms with Gasteiger partial charge in [0.1, 0.15) is 40.3 Å².